The van der Waals surface area contributed by atoms with E-state index in [2.05, 4.69) is 11.8 Å². The fourth-order valence-corrected chi connectivity index (χ4v) is 1.38. The number of ether oxygens (including phenoxy) is 1. The van der Waals surface area contributed by atoms with Gasteiger partial charge in [-0.05, 0) is 31.0 Å². The van der Waals surface area contributed by atoms with Crippen LogP contribution in [-0.4, -0.2) is 18.3 Å². The monoisotopic (exact) mass is 250 g/mol. The van der Waals surface area contributed by atoms with Crippen molar-refractivity contribution >= 4 is 17.4 Å². The molecular weight excluding hydrogens is 236 g/mol. The first-order valence-electron chi connectivity index (χ1n) is 5.45. The smallest absolute Gasteiger partial charge is 0.149 e. The molecule has 90 valence electrons. The van der Waals surface area contributed by atoms with Crippen molar-refractivity contribution in [2.24, 2.45) is 0 Å². The Hall–Kier alpha value is -1.46. The predicted molar refractivity (Wildman–Crippen MR) is 69.4 cm³/mol. The average Bonchev–Trinajstić information content (AvgIpc) is 2.33. The lowest BCUT2D eigenvalue weighted by Gasteiger charge is -2.03. The van der Waals surface area contributed by atoms with E-state index >= 15 is 0 Å². The van der Waals surface area contributed by atoms with Crippen molar-refractivity contribution in [3.05, 3.63) is 29.8 Å². The summed E-state index contributed by atoms with van der Waals surface area (Å²) in [5.74, 6) is 6.82. The number of alkyl halides is 1. The molecule has 0 heterocycles. The number of halogens is 1. The van der Waals surface area contributed by atoms with Gasteiger partial charge in [-0.2, -0.15) is 0 Å². The molecule has 17 heavy (non-hydrogen) atoms. The first-order valence-corrected chi connectivity index (χ1v) is 5.98. The van der Waals surface area contributed by atoms with Crippen molar-refractivity contribution in [3.63, 3.8) is 0 Å². The van der Waals surface area contributed by atoms with Gasteiger partial charge in [-0.25, -0.2) is 0 Å². The van der Waals surface area contributed by atoms with E-state index in [1.807, 2.05) is 24.3 Å². The van der Waals surface area contributed by atoms with Crippen molar-refractivity contribution in [1.29, 1.82) is 0 Å². The van der Waals surface area contributed by atoms with E-state index in [9.17, 15) is 4.79 Å². The van der Waals surface area contributed by atoms with Gasteiger partial charge in [-0.15, -0.1) is 11.6 Å². The molecule has 0 spiro atoms. The first-order chi connectivity index (χ1) is 8.22. The molecule has 0 aromatic heterocycles. The maximum absolute atomic E-state index is 10.8. The molecule has 0 atom stereocenters. The Morgan fingerprint density at radius 3 is 2.59 bits per heavy atom. The maximum Gasteiger partial charge on any atom is 0.149 e. The third-order valence-electron chi connectivity index (χ3n) is 2.19. The Balaban J connectivity index is 2.41. The zero-order valence-electron chi connectivity index (χ0n) is 9.83. The highest BCUT2D eigenvalue weighted by Gasteiger charge is 1.97. The van der Waals surface area contributed by atoms with Crippen LogP contribution >= 0.6 is 11.6 Å². The van der Waals surface area contributed by atoms with Crippen LogP contribution in [0.1, 0.15) is 18.9 Å². The Morgan fingerprint density at radius 1 is 1.29 bits per heavy atom. The van der Waals surface area contributed by atoms with Crippen LogP contribution in [-0.2, 0) is 11.2 Å². The number of hydrogen-bond acceptors (Lipinski definition) is 2. The van der Waals surface area contributed by atoms with Crippen LogP contribution in [0.3, 0.4) is 0 Å². The zero-order chi connectivity index (χ0) is 12.5. The van der Waals surface area contributed by atoms with Gasteiger partial charge in [0, 0.05) is 6.42 Å². The molecule has 1 aromatic carbocycles. The summed E-state index contributed by atoms with van der Waals surface area (Å²) in [4.78, 5) is 10.8. The number of ketones is 1. The van der Waals surface area contributed by atoms with Gasteiger partial charge >= 0.3 is 0 Å². The minimum atomic E-state index is 0.210. The molecule has 0 amide bonds. The third kappa shape index (κ3) is 5.99. The van der Waals surface area contributed by atoms with Crippen LogP contribution in [0.15, 0.2) is 24.3 Å². The van der Waals surface area contributed by atoms with Gasteiger partial charge in [0.25, 0.3) is 0 Å². The summed E-state index contributed by atoms with van der Waals surface area (Å²) in [7, 11) is 0. The standard InChI is InChI=1S/C14H15ClO2/c1-12(16)4-5-13-6-8-14(9-7-13)17-11-3-2-10-15/h6-9H,4-5,10-11H2,1H3. The highest BCUT2D eigenvalue weighted by atomic mass is 35.5. The van der Waals surface area contributed by atoms with E-state index in [-0.39, 0.29) is 5.78 Å². The minimum absolute atomic E-state index is 0.210. The summed E-state index contributed by atoms with van der Waals surface area (Å²) in [5, 5.41) is 0. The fourth-order valence-electron chi connectivity index (χ4n) is 1.29. The Morgan fingerprint density at radius 2 is 2.00 bits per heavy atom. The molecule has 3 heteroatoms. The second-order valence-corrected chi connectivity index (χ2v) is 3.89. The van der Waals surface area contributed by atoms with Crippen molar-refractivity contribution in [2.45, 2.75) is 19.8 Å². The molecule has 2 nitrogen and oxygen atoms in total. The number of carbonyl (C=O) groups is 1. The van der Waals surface area contributed by atoms with E-state index in [1.54, 1.807) is 6.92 Å². The summed E-state index contributed by atoms with van der Waals surface area (Å²) in [6.45, 7) is 1.95. The van der Waals surface area contributed by atoms with Gasteiger partial charge in [0.15, 0.2) is 0 Å². The van der Waals surface area contributed by atoms with E-state index in [4.69, 9.17) is 16.3 Å². The van der Waals surface area contributed by atoms with E-state index in [0.29, 0.717) is 18.9 Å². The Bertz CT molecular complexity index is 412. The summed E-state index contributed by atoms with van der Waals surface area (Å²) in [5.41, 5.74) is 1.14. The molecule has 0 radical (unpaired) electrons. The van der Waals surface area contributed by atoms with Gasteiger partial charge in [0.2, 0.25) is 0 Å². The van der Waals surface area contributed by atoms with Gasteiger partial charge in [-0.1, -0.05) is 24.0 Å². The topological polar surface area (TPSA) is 26.3 Å². The molecule has 0 saturated carbocycles. The fraction of sp³-hybridized carbons (Fsp3) is 0.357. The number of carbonyl (C=O) groups excluding carboxylic acids is 1. The molecule has 0 unspecified atom stereocenters. The third-order valence-corrected chi connectivity index (χ3v) is 2.33. The molecule has 0 saturated heterocycles. The highest BCUT2D eigenvalue weighted by molar-refractivity contribution is 6.19. The lowest BCUT2D eigenvalue weighted by atomic mass is 10.1. The summed E-state index contributed by atoms with van der Waals surface area (Å²) < 4.78 is 5.39. The van der Waals surface area contributed by atoms with Crippen molar-refractivity contribution in [2.75, 3.05) is 12.5 Å². The zero-order valence-corrected chi connectivity index (χ0v) is 10.6. The number of rotatable bonds is 5. The number of aryl methyl sites for hydroxylation is 1. The quantitative estimate of drug-likeness (QED) is 0.593. The SMILES string of the molecule is CC(=O)CCc1ccc(OCC#CCCl)cc1. The molecule has 1 rings (SSSR count). The minimum Gasteiger partial charge on any atom is -0.481 e. The molecule has 0 aliphatic heterocycles. The second-order valence-electron chi connectivity index (χ2n) is 3.62. The van der Waals surface area contributed by atoms with Crippen LogP contribution in [0.2, 0.25) is 0 Å². The van der Waals surface area contributed by atoms with Crippen LogP contribution < -0.4 is 4.74 Å². The van der Waals surface area contributed by atoms with Crippen molar-refractivity contribution in [3.8, 4) is 17.6 Å². The lowest BCUT2D eigenvalue weighted by molar-refractivity contribution is -0.116. The molecule has 0 fully saturated rings. The Kier molecular flexibility index (Phi) is 6.21. The molecular formula is C14H15ClO2. The second kappa shape index (κ2) is 7.76. The molecule has 0 bridgehead atoms. The van der Waals surface area contributed by atoms with Crippen LogP contribution in [0.25, 0.3) is 0 Å². The summed E-state index contributed by atoms with van der Waals surface area (Å²) in [6.07, 6.45) is 1.36. The van der Waals surface area contributed by atoms with Gasteiger partial charge in [-0.3, -0.25) is 0 Å². The van der Waals surface area contributed by atoms with Gasteiger partial charge in [0.1, 0.15) is 18.1 Å². The van der Waals surface area contributed by atoms with Crippen LogP contribution in [0.4, 0.5) is 0 Å². The van der Waals surface area contributed by atoms with E-state index < -0.39 is 0 Å². The molecule has 0 aliphatic carbocycles. The molecule has 0 aliphatic rings. The van der Waals surface area contributed by atoms with Gasteiger partial charge < -0.3 is 9.53 Å². The maximum atomic E-state index is 10.8. The predicted octanol–water partition coefficient (Wildman–Crippen LogP) is 2.83. The lowest BCUT2D eigenvalue weighted by Crippen LogP contribution is -1.96. The van der Waals surface area contributed by atoms with E-state index in [0.717, 1.165) is 17.7 Å². The van der Waals surface area contributed by atoms with Gasteiger partial charge in [0.05, 0.1) is 5.88 Å². The van der Waals surface area contributed by atoms with Crippen molar-refractivity contribution < 1.29 is 9.53 Å². The number of Topliss-reactive ketones (excluding diaryl/α,β-unsaturated/α-hetero) is 1. The molecule has 0 N–H and O–H groups in total. The first kappa shape index (κ1) is 13.6. The average molecular weight is 251 g/mol. The highest BCUT2D eigenvalue weighted by Crippen LogP contribution is 2.13. The number of benzene rings is 1. The van der Waals surface area contributed by atoms with E-state index in [1.165, 1.54) is 0 Å². The van der Waals surface area contributed by atoms with Crippen molar-refractivity contribution in [1.82, 2.24) is 0 Å². The molecule has 1 aromatic rings. The number of hydrogen-bond donors (Lipinski definition) is 0. The van der Waals surface area contributed by atoms with Crippen LogP contribution in [0.5, 0.6) is 5.75 Å². The Labute approximate surface area is 107 Å². The normalized spacial score (nSPS) is 9.29. The summed E-state index contributed by atoms with van der Waals surface area (Å²) >= 11 is 5.41. The van der Waals surface area contributed by atoms with Crippen LogP contribution in [0, 0.1) is 11.8 Å². The summed E-state index contributed by atoms with van der Waals surface area (Å²) in [6, 6.07) is 7.70. The largest absolute Gasteiger partial charge is 0.481 e.